The number of hydrazone groups is 1. The van der Waals surface area contributed by atoms with Gasteiger partial charge in [-0.3, -0.25) is 15.3 Å². The number of benzene rings is 2. The molecule has 3 rings (SSSR count). The van der Waals surface area contributed by atoms with Gasteiger partial charge in [-0.25, -0.2) is 8.78 Å². The van der Waals surface area contributed by atoms with E-state index in [0.29, 0.717) is 12.1 Å². The Morgan fingerprint density at radius 2 is 1.68 bits per heavy atom. The lowest BCUT2D eigenvalue weighted by Gasteiger charge is -2.36. The molecule has 2 unspecified atom stereocenters. The highest BCUT2D eigenvalue weighted by Crippen LogP contribution is 2.34. The van der Waals surface area contributed by atoms with E-state index >= 15 is 0 Å². The number of halogens is 8. The van der Waals surface area contributed by atoms with Crippen molar-refractivity contribution in [3.05, 3.63) is 65.5 Å². The number of rotatable bonds is 9. The van der Waals surface area contributed by atoms with E-state index in [2.05, 4.69) is 5.10 Å². The summed E-state index contributed by atoms with van der Waals surface area (Å²) in [6.07, 6.45) is -9.60. The summed E-state index contributed by atoms with van der Waals surface area (Å²) in [4.78, 5) is 25.5. The summed E-state index contributed by atoms with van der Waals surface area (Å²) in [5, 5.41) is 16.2. The zero-order valence-electron chi connectivity index (χ0n) is 20.3. The van der Waals surface area contributed by atoms with Crippen LogP contribution in [0.3, 0.4) is 0 Å². The monoisotopic (exact) mass is 580 g/mol. The third-order valence-electron chi connectivity index (χ3n) is 5.89. The van der Waals surface area contributed by atoms with Gasteiger partial charge in [0.15, 0.2) is 17.2 Å². The van der Waals surface area contributed by atoms with E-state index in [0.717, 1.165) is 35.2 Å². The highest BCUT2D eigenvalue weighted by atomic mass is 19.4. The molecular formula is C24H22F8N5O3+. The second-order valence-electron chi connectivity index (χ2n) is 8.66. The molecule has 16 heteroatoms. The Hall–Kier alpha value is -4.08. The normalized spacial score (nSPS) is 17.1. The van der Waals surface area contributed by atoms with E-state index < -0.39 is 78.9 Å². The van der Waals surface area contributed by atoms with Crippen molar-refractivity contribution in [2.75, 3.05) is 26.3 Å². The number of alkyl halides is 7. The summed E-state index contributed by atoms with van der Waals surface area (Å²) in [6, 6.07) is 7.91. The molecule has 0 fully saturated rings. The quantitative estimate of drug-likeness (QED) is 0.313. The standard InChI is InChI=1S/C24H21F8N5O3/c25-9-10-36(21(39)16-3-1-2-4-18(16)23(27,28)29)13-22(40,24(30,31)32)12-34-20(38)17-11-35-37(19(17)33)15-7-5-14(26)6-8-15/h1-8,11,17,33,40H,9-10,12-13H2,(H,34,38)/p+1. The maximum absolute atomic E-state index is 14.0. The molecule has 0 bridgehead atoms. The topological polar surface area (TPSA) is 111 Å². The van der Waals surface area contributed by atoms with E-state index in [1.165, 1.54) is 12.1 Å². The molecule has 0 aliphatic carbocycles. The van der Waals surface area contributed by atoms with E-state index in [-0.39, 0.29) is 16.4 Å². The minimum atomic E-state index is -5.53. The van der Waals surface area contributed by atoms with Crippen LogP contribution in [0.2, 0.25) is 0 Å². The van der Waals surface area contributed by atoms with Gasteiger partial charge in [0.05, 0.1) is 30.4 Å². The molecular weight excluding hydrogens is 558 g/mol. The Bertz CT molecular complexity index is 1310. The Morgan fingerprint density at radius 1 is 1.05 bits per heavy atom. The predicted molar refractivity (Wildman–Crippen MR) is 125 cm³/mol. The van der Waals surface area contributed by atoms with Crippen LogP contribution in [0.1, 0.15) is 15.9 Å². The highest BCUT2D eigenvalue weighted by Gasteiger charge is 2.55. The zero-order chi connectivity index (χ0) is 29.9. The van der Waals surface area contributed by atoms with Crippen LogP contribution >= 0.6 is 0 Å². The number of amidine groups is 1. The van der Waals surface area contributed by atoms with E-state index in [9.17, 15) is 49.8 Å². The fourth-order valence-corrected chi connectivity index (χ4v) is 3.75. The van der Waals surface area contributed by atoms with Crippen molar-refractivity contribution in [3.63, 3.8) is 0 Å². The minimum absolute atomic E-state index is 0.0814. The maximum atomic E-state index is 14.0. The molecule has 0 saturated carbocycles. The third-order valence-corrected chi connectivity index (χ3v) is 5.89. The molecule has 2 amide bonds. The van der Waals surface area contributed by atoms with Gasteiger partial charge in [-0.2, -0.15) is 26.3 Å². The molecule has 0 saturated heterocycles. The zero-order valence-corrected chi connectivity index (χ0v) is 20.3. The highest BCUT2D eigenvalue weighted by molar-refractivity contribution is 6.14. The minimum Gasteiger partial charge on any atom is -0.378 e. The predicted octanol–water partition coefficient (Wildman–Crippen LogP) is 2.98. The van der Waals surface area contributed by atoms with Crippen LogP contribution in [0.15, 0.2) is 53.6 Å². The van der Waals surface area contributed by atoms with Crippen molar-refractivity contribution in [1.82, 2.24) is 10.2 Å². The summed E-state index contributed by atoms with van der Waals surface area (Å²) >= 11 is 0. The second kappa shape index (κ2) is 11.6. The first kappa shape index (κ1) is 30.5. The number of nitrogens with one attached hydrogen (secondary N) is 1. The molecule has 2 aromatic rings. The van der Waals surface area contributed by atoms with Gasteiger partial charge in [0.2, 0.25) is 5.91 Å². The molecule has 4 N–H and O–H groups in total. The Morgan fingerprint density at radius 3 is 2.25 bits per heavy atom. The summed E-state index contributed by atoms with van der Waals surface area (Å²) in [5.41, 5.74) is -0.304. The molecule has 1 aliphatic rings. The number of hydrogen-bond donors (Lipinski definition) is 3. The van der Waals surface area contributed by atoms with Crippen molar-refractivity contribution >= 4 is 29.6 Å². The molecule has 0 aromatic heterocycles. The first-order valence-corrected chi connectivity index (χ1v) is 11.4. The number of hydrogen-bond acceptors (Lipinski definition) is 5. The van der Waals surface area contributed by atoms with Crippen LogP contribution in [0, 0.1) is 11.7 Å². The SMILES string of the molecule is NC1=[N+](c2ccc(F)cc2)N=CC1C(=O)NCC(O)(CN(CCF)C(=O)c1ccccc1C(F)(F)F)C(F)(F)F. The van der Waals surface area contributed by atoms with E-state index in [4.69, 9.17) is 5.73 Å². The largest absolute Gasteiger partial charge is 0.420 e. The van der Waals surface area contributed by atoms with Gasteiger partial charge in [-0.05, 0) is 36.4 Å². The lowest BCUT2D eigenvalue weighted by atomic mass is 10.00. The number of amides is 2. The van der Waals surface area contributed by atoms with E-state index in [1.54, 1.807) is 0 Å². The molecule has 216 valence electrons. The van der Waals surface area contributed by atoms with Crippen LogP contribution in [-0.2, 0) is 11.0 Å². The van der Waals surface area contributed by atoms with Crippen molar-refractivity contribution in [2.24, 2.45) is 16.8 Å². The summed E-state index contributed by atoms with van der Waals surface area (Å²) < 4.78 is 109. The van der Waals surface area contributed by atoms with Gasteiger partial charge in [0, 0.05) is 6.54 Å². The van der Waals surface area contributed by atoms with Crippen molar-refractivity contribution in [1.29, 1.82) is 0 Å². The molecule has 2 atom stereocenters. The Kier molecular flexibility index (Phi) is 8.81. The van der Waals surface area contributed by atoms with Gasteiger partial charge < -0.3 is 15.3 Å². The van der Waals surface area contributed by atoms with Crippen LogP contribution in [0.25, 0.3) is 0 Å². The second-order valence-corrected chi connectivity index (χ2v) is 8.66. The van der Waals surface area contributed by atoms with Crippen LogP contribution in [0.4, 0.5) is 40.8 Å². The summed E-state index contributed by atoms with van der Waals surface area (Å²) in [6.45, 7) is -5.80. The number of nitrogens with zero attached hydrogens (tertiary/aromatic N) is 3. The van der Waals surface area contributed by atoms with Crippen molar-refractivity contribution < 1.29 is 54.5 Å². The van der Waals surface area contributed by atoms with Crippen LogP contribution in [-0.4, -0.2) is 76.6 Å². The number of carbonyl (C=O) groups excluding carboxylic acids is 2. The molecule has 1 aliphatic heterocycles. The summed E-state index contributed by atoms with van der Waals surface area (Å²) in [5.74, 6) is -5.02. The molecule has 8 nitrogen and oxygen atoms in total. The van der Waals surface area contributed by atoms with Gasteiger partial charge in [-0.1, -0.05) is 17.2 Å². The lowest BCUT2D eigenvalue weighted by molar-refractivity contribution is -0.443. The molecule has 0 spiro atoms. The molecule has 0 radical (unpaired) electrons. The average Bonchev–Trinajstić information content (AvgIpc) is 3.27. The van der Waals surface area contributed by atoms with Crippen molar-refractivity contribution in [2.45, 2.75) is 18.0 Å². The smallest absolute Gasteiger partial charge is 0.378 e. The Labute approximate surface area is 221 Å². The van der Waals surface area contributed by atoms with Gasteiger partial charge >= 0.3 is 12.4 Å². The number of nitrogens with two attached hydrogens (primary N) is 1. The van der Waals surface area contributed by atoms with Crippen LogP contribution in [0.5, 0.6) is 0 Å². The van der Waals surface area contributed by atoms with Gasteiger partial charge in [0.1, 0.15) is 12.5 Å². The Balaban J connectivity index is 1.82. The fraction of sp³-hybridized carbons (Fsp3) is 0.333. The first-order valence-electron chi connectivity index (χ1n) is 11.4. The first-order chi connectivity index (χ1) is 18.6. The van der Waals surface area contributed by atoms with Crippen molar-refractivity contribution in [3.8, 4) is 0 Å². The number of aliphatic hydroxyl groups is 1. The molecule has 1 heterocycles. The van der Waals surface area contributed by atoms with Crippen LogP contribution < -0.4 is 11.1 Å². The summed E-state index contributed by atoms with van der Waals surface area (Å²) in [7, 11) is 0. The molecule has 2 aromatic carbocycles. The van der Waals surface area contributed by atoms with Gasteiger partial charge in [-0.15, -0.1) is 4.68 Å². The molecule has 40 heavy (non-hydrogen) atoms. The fourth-order valence-electron chi connectivity index (χ4n) is 3.75. The number of carbonyl (C=O) groups is 2. The third kappa shape index (κ3) is 6.55. The maximum Gasteiger partial charge on any atom is 0.420 e. The lowest BCUT2D eigenvalue weighted by Crippen LogP contribution is -2.61. The van der Waals surface area contributed by atoms with Gasteiger partial charge in [0.25, 0.3) is 11.7 Å². The average molecular weight is 580 g/mol. The van der Waals surface area contributed by atoms with E-state index in [1.807, 2.05) is 5.32 Å².